The van der Waals surface area contributed by atoms with E-state index < -0.39 is 0 Å². The average Bonchev–Trinajstić information content (AvgIpc) is 3.15. The van der Waals surface area contributed by atoms with Crippen LogP contribution in [0.25, 0.3) is 22.4 Å². The van der Waals surface area contributed by atoms with E-state index in [9.17, 15) is 0 Å². The predicted octanol–water partition coefficient (Wildman–Crippen LogP) is 5.44. The molecule has 2 aliphatic rings. The van der Waals surface area contributed by atoms with Gasteiger partial charge in [0.25, 0.3) is 0 Å². The van der Waals surface area contributed by atoms with E-state index in [0.717, 1.165) is 17.5 Å². The zero-order chi connectivity index (χ0) is 21.5. The van der Waals surface area contributed by atoms with Gasteiger partial charge in [-0.2, -0.15) is 0 Å². The Balaban J connectivity index is 1.43. The molecule has 2 bridgehead atoms. The highest BCUT2D eigenvalue weighted by Gasteiger charge is 2.53. The molecule has 0 spiro atoms. The van der Waals surface area contributed by atoms with Crippen LogP contribution in [0.15, 0.2) is 72.9 Å². The van der Waals surface area contributed by atoms with E-state index in [1.54, 1.807) is 0 Å². The number of nitrogens with zero attached hydrogens (tertiary/aromatic N) is 1. The molecule has 1 heterocycles. The van der Waals surface area contributed by atoms with E-state index in [4.69, 9.17) is 0 Å². The Labute approximate surface area is 189 Å². The fourth-order valence-corrected chi connectivity index (χ4v) is 6.63. The van der Waals surface area contributed by atoms with Gasteiger partial charge < -0.3 is 0 Å². The first-order valence-electron chi connectivity index (χ1n) is 12.1. The molecule has 1 nitrogen and oxygen atoms in total. The predicted molar refractivity (Wildman–Crippen MR) is 137 cm³/mol. The lowest BCUT2D eigenvalue weighted by Gasteiger charge is -2.50. The third kappa shape index (κ3) is 3.67. The number of pyridine rings is 1. The number of aromatic nitrogens is 1. The van der Waals surface area contributed by atoms with Gasteiger partial charge in [0.1, 0.15) is 15.7 Å². The van der Waals surface area contributed by atoms with Crippen molar-refractivity contribution in [1.29, 1.82) is 0 Å². The van der Waals surface area contributed by atoms with Gasteiger partial charge in [-0.05, 0) is 72.6 Å². The maximum absolute atomic E-state index is 4.59. The molecule has 0 aliphatic heterocycles. The molecule has 3 atom stereocenters. The lowest BCUT2D eigenvalue weighted by atomic mass is 9.37. The summed E-state index contributed by atoms with van der Waals surface area (Å²) in [5, 5.41) is 0.224. The Morgan fingerprint density at radius 3 is 2.45 bits per heavy atom. The molecule has 0 amide bonds. The van der Waals surface area contributed by atoms with E-state index in [-0.39, 0.29) is 5.21 Å². The van der Waals surface area contributed by atoms with Crippen LogP contribution in [0.4, 0.5) is 0 Å². The van der Waals surface area contributed by atoms with Crippen LogP contribution in [0.5, 0.6) is 0 Å². The van der Waals surface area contributed by atoms with Gasteiger partial charge in [-0.3, -0.25) is 4.98 Å². The molecule has 2 aliphatic carbocycles. The van der Waals surface area contributed by atoms with Crippen molar-refractivity contribution >= 4 is 15.7 Å². The standard InChI is InChI=1S/C28H33B2N/c1-2-20-16-21-12-14-27(18-20,19-21)28(29,30)25-10-8-22(9-11-25)24-13-15-31-26(17-24)23-6-4-3-5-7-23/h3-11,13,15,17,20-21H,2,12,14,16,18-19,29-30H2,1H3. The Hall–Kier alpha value is -2.28. The molecule has 31 heavy (non-hydrogen) atoms. The average molecular weight is 405 g/mol. The topological polar surface area (TPSA) is 12.9 Å². The molecule has 3 heteroatoms. The lowest BCUT2D eigenvalue weighted by molar-refractivity contribution is 0.127. The molecule has 2 aromatic carbocycles. The molecule has 0 N–H and O–H groups in total. The summed E-state index contributed by atoms with van der Waals surface area (Å²) in [5.41, 5.74) is 6.70. The van der Waals surface area contributed by atoms with Gasteiger partial charge >= 0.3 is 0 Å². The first-order chi connectivity index (χ1) is 15.0. The smallest absolute Gasteiger partial charge is 0.105 e. The highest BCUT2D eigenvalue weighted by Crippen LogP contribution is 2.60. The minimum absolute atomic E-state index is 0.224. The summed E-state index contributed by atoms with van der Waals surface area (Å²) in [7, 11) is 5.03. The zero-order valence-corrected chi connectivity index (χ0v) is 19.3. The molecule has 2 fully saturated rings. The van der Waals surface area contributed by atoms with Crippen molar-refractivity contribution in [1.82, 2.24) is 4.98 Å². The number of hydrogen-bond donors (Lipinski definition) is 0. The van der Waals surface area contributed by atoms with Gasteiger partial charge in [0, 0.05) is 11.8 Å². The zero-order valence-electron chi connectivity index (χ0n) is 19.3. The van der Waals surface area contributed by atoms with Crippen molar-refractivity contribution in [2.24, 2.45) is 17.3 Å². The molecular weight excluding hydrogens is 372 g/mol. The third-order valence-electron chi connectivity index (χ3n) is 8.73. The maximum Gasteiger partial charge on any atom is 0.105 e. The molecule has 1 aromatic heterocycles. The van der Waals surface area contributed by atoms with Crippen LogP contribution in [0, 0.1) is 17.3 Å². The summed E-state index contributed by atoms with van der Waals surface area (Å²) in [4.78, 5) is 4.59. The highest BCUT2D eigenvalue weighted by atomic mass is 14.7. The van der Waals surface area contributed by atoms with Crippen molar-refractivity contribution in [3.8, 4) is 22.4 Å². The van der Waals surface area contributed by atoms with Crippen molar-refractivity contribution in [3.05, 3.63) is 78.5 Å². The van der Waals surface area contributed by atoms with E-state index in [1.165, 1.54) is 60.8 Å². The molecule has 5 rings (SSSR count). The summed E-state index contributed by atoms with van der Waals surface area (Å²) in [6.07, 6.45) is 10.5. The molecular formula is C28H33B2N. The fraction of sp³-hybridized carbons (Fsp3) is 0.393. The van der Waals surface area contributed by atoms with Crippen LogP contribution in [-0.4, -0.2) is 20.7 Å². The minimum atomic E-state index is 0.224. The van der Waals surface area contributed by atoms with Crippen molar-refractivity contribution < 1.29 is 0 Å². The summed E-state index contributed by atoms with van der Waals surface area (Å²) in [5.74, 6) is 1.89. The number of hydrogen-bond acceptors (Lipinski definition) is 1. The van der Waals surface area contributed by atoms with E-state index >= 15 is 0 Å². The molecule has 3 unspecified atom stereocenters. The number of rotatable bonds is 5. The quantitative estimate of drug-likeness (QED) is 0.515. The summed E-state index contributed by atoms with van der Waals surface area (Å²) < 4.78 is 0. The van der Waals surface area contributed by atoms with E-state index in [2.05, 4.69) is 94.3 Å². The van der Waals surface area contributed by atoms with Crippen LogP contribution in [0.2, 0.25) is 0 Å². The first kappa shape index (κ1) is 20.6. The molecule has 0 saturated heterocycles. The van der Waals surface area contributed by atoms with E-state index in [1.807, 2.05) is 6.20 Å². The SMILES string of the molecule is BC(B)(c1ccc(-c2ccnc(-c3ccccc3)c2)cc1)C12CCC(CC(CC)C1)C2. The monoisotopic (exact) mass is 405 g/mol. The van der Waals surface area contributed by atoms with Gasteiger partial charge in [-0.25, -0.2) is 0 Å². The van der Waals surface area contributed by atoms with E-state index in [0.29, 0.717) is 5.41 Å². The van der Waals surface area contributed by atoms with Crippen LogP contribution < -0.4 is 0 Å². The van der Waals surface area contributed by atoms with Crippen molar-refractivity contribution in [2.75, 3.05) is 0 Å². The summed E-state index contributed by atoms with van der Waals surface area (Å²) in [6.45, 7) is 2.39. The van der Waals surface area contributed by atoms with Gasteiger partial charge in [0.05, 0.1) is 5.69 Å². The highest BCUT2D eigenvalue weighted by molar-refractivity contribution is 6.40. The van der Waals surface area contributed by atoms with Gasteiger partial charge in [-0.15, -0.1) is 0 Å². The van der Waals surface area contributed by atoms with Gasteiger partial charge in [0.15, 0.2) is 0 Å². The maximum atomic E-state index is 4.59. The lowest BCUT2D eigenvalue weighted by Crippen LogP contribution is -2.48. The fourth-order valence-electron chi connectivity index (χ4n) is 6.63. The summed E-state index contributed by atoms with van der Waals surface area (Å²) >= 11 is 0. The van der Waals surface area contributed by atoms with Crippen LogP contribution in [0.3, 0.4) is 0 Å². The molecule has 0 radical (unpaired) electrons. The Morgan fingerprint density at radius 2 is 1.71 bits per heavy atom. The number of benzene rings is 2. The second kappa shape index (κ2) is 8.01. The molecule has 156 valence electrons. The Kier molecular flexibility index (Phi) is 5.32. The second-order valence-corrected chi connectivity index (χ2v) is 10.6. The van der Waals surface area contributed by atoms with Crippen LogP contribution in [0.1, 0.15) is 51.0 Å². The second-order valence-electron chi connectivity index (χ2n) is 10.6. The van der Waals surface area contributed by atoms with Crippen molar-refractivity contribution in [2.45, 2.75) is 50.7 Å². The Bertz CT molecular complexity index is 1040. The number of fused-ring (bicyclic) bond motifs is 2. The Morgan fingerprint density at radius 1 is 0.935 bits per heavy atom. The van der Waals surface area contributed by atoms with Crippen molar-refractivity contribution in [3.63, 3.8) is 0 Å². The normalized spacial score (nSPS) is 25.5. The van der Waals surface area contributed by atoms with Crippen LogP contribution in [-0.2, 0) is 5.21 Å². The van der Waals surface area contributed by atoms with Gasteiger partial charge in [0.2, 0.25) is 0 Å². The third-order valence-corrected chi connectivity index (χ3v) is 8.73. The first-order valence-corrected chi connectivity index (χ1v) is 12.1. The van der Waals surface area contributed by atoms with Gasteiger partial charge in [-0.1, -0.05) is 78.7 Å². The summed E-state index contributed by atoms with van der Waals surface area (Å²) in [6, 6.07) is 24.2. The van der Waals surface area contributed by atoms with Crippen LogP contribution >= 0.6 is 0 Å². The molecule has 2 saturated carbocycles. The molecule has 3 aromatic rings. The largest absolute Gasteiger partial charge is 0.256 e. The minimum Gasteiger partial charge on any atom is -0.256 e.